The Morgan fingerprint density at radius 2 is 1.68 bits per heavy atom. The van der Waals surface area contributed by atoms with Crippen molar-refractivity contribution in [2.24, 2.45) is 0 Å². The molecule has 0 aliphatic rings. The zero-order valence-electron chi connectivity index (χ0n) is 10.1. The summed E-state index contributed by atoms with van der Waals surface area (Å²) in [7, 11) is 0. The molecule has 102 valence electrons. The van der Waals surface area contributed by atoms with E-state index < -0.39 is 0 Å². The minimum Gasteiger partial charge on any atom is -0.246 e. The fourth-order valence-corrected chi connectivity index (χ4v) is 2.46. The summed E-state index contributed by atoms with van der Waals surface area (Å²) in [6, 6.07) is 10.4. The maximum atomic E-state index is 12.7. The molecule has 0 aromatic heterocycles. The molecule has 2 aromatic rings. The van der Waals surface area contributed by atoms with Gasteiger partial charge < -0.3 is 0 Å². The van der Waals surface area contributed by atoms with Gasteiger partial charge in [0.2, 0.25) is 0 Å². The van der Waals surface area contributed by atoms with Gasteiger partial charge in [0.15, 0.2) is 0 Å². The van der Waals surface area contributed by atoms with E-state index >= 15 is 0 Å². The molecule has 0 bridgehead atoms. The van der Waals surface area contributed by atoms with Crippen molar-refractivity contribution in [2.75, 3.05) is 0 Å². The second kappa shape index (κ2) is 8.12. The predicted octanol–water partition coefficient (Wildman–Crippen LogP) is 6.58. The molecule has 0 nitrogen and oxygen atoms in total. The van der Waals surface area contributed by atoms with Crippen LogP contribution in [0.5, 0.6) is 0 Å². The Hall–Kier alpha value is -0.260. The van der Waals surface area contributed by atoms with Crippen molar-refractivity contribution in [1.29, 1.82) is 0 Å². The highest BCUT2D eigenvalue weighted by molar-refractivity contribution is 9.13. The molecule has 0 spiro atoms. The van der Waals surface area contributed by atoms with E-state index in [0.717, 1.165) is 14.5 Å². The summed E-state index contributed by atoms with van der Waals surface area (Å²) in [5.74, 6) is -0.238. The maximum absolute atomic E-state index is 12.7. The summed E-state index contributed by atoms with van der Waals surface area (Å²) in [5.41, 5.74) is 1.73. The van der Waals surface area contributed by atoms with Crippen LogP contribution in [0, 0.1) is 12.7 Å². The number of benzene rings is 2. The number of hydrogen-bond donors (Lipinski definition) is 0. The minimum atomic E-state index is -0.389. The highest BCUT2D eigenvalue weighted by Crippen LogP contribution is 2.28. The van der Waals surface area contributed by atoms with Gasteiger partial charge in [0.25, 0.3) is 0 Å². The van der Waals surface area contributed by atoms with Crippen LogP contribution in [0.15, 0.2) is 49.8 Å². The van der Waals surface area contributed by atoms with E-state index in [-0.39, 0.29) is 12.5 Å². The molecule has 19 heavy (non-hydrogen) atoms. The van der Waals surface area contributed by atoms with E-state index in [1.165, 1.54) is 6.07 Å². The fourth-order valence-electron chi connectivity index (χ4n) is 1.24. The van der Waals surface area contributed by atoms with Crippen molar-refractivity contribution in [1.82, 2.24) is 0 Å². The Morgan fingerprint density at radius 3 is 2.16 bits per heavy atom. The van der Waals surface area contributed by atoms with Crippen LogP contribution in [-0.2, 0) is 6.67 Å². The molecule has 0 aliphatic heterocycles. The second-order valence-corrected chi connectivity index (χ2v) is 6.26. The van der Waals surface area contributed by atoms with Crippen LogP contribution in [0.2, 0.25) is 0 Å². The highest BCUT2D eigenvalue weighted by atomic mass is 79.9. The standard InChI is InChI=1S/C7H5Br2F.C7H6BrF/c1-4-2-3-5(10)7(9)6(4)8;8-7-3-1-2-6(4-7)5-9/h2-3H,1H3;1-4H,5H2. The van der Waals surface area contributed by atoms with Crippen LogP contribution in [0.4, 0.5) is 8.78 Å². The average Bonchev–Trinajstić information content (AvgIpc) is 2.41. The zero-order chi connectivity index (χ0) is 14.4. The van der Waals surface area contributed by atoms with E-state index in [2.05, 4.69) is 47.8 Å². The number of alkyl halides is 1. The van der Waals surface area contributed by atoms with E-state index in [9.17, 15) is 8.78 Å². The fraction of sp³-hybridized carbons (Fsp3) is 0.143. The van der Waals surface area contributed by atoms with Crippen molar-refractivity contribution in [3.63, 3.8) is 0 Å². The lowest BCUT2D eigenvalue weighted by Crippen LogP contribution is -1.81. The lowest BCUT2D eigenvalue weighted by Gasteiger charge is -2.00. The third-order valence-corrected chi connectivity index (χ3v) is 5.09. The van der Waals surface area contributed by atoms with Gasteiger partial charge >= 0.3 is 0 Å². The Bertz CT molecular complexity index is 529. The first-order valence-corrected chi connectivity index (χ1v) is 7.74. The van der Waals surface area contributed by atoms with E-state index in [1.54, 1.807) is 18.2 Å². The first kappa shape index (κ1) is 16.8. The van der Waals surface area contributed by atoms with Gasteiger partial charge in [-0.3, -0.25) is 0 Å². The molecule has 0 saturated carbocycles. The number of hydrogen-bond acceptors (Lipinski definition) is 0. The third kappa shape index (κ3) is 5.32. The van der Waals surface area contributed by atoms with E-state index in [1.807, 2.05) is 19.1 Å². The molecule has 0 amide bonds. The molecule has 0 saturated heterocycles. The number of halogens is 5. The Labute approximate surface area is 136 Å². The largest absolute Gasteiger partial charge is 0.246 e. The van der Waals surface area contributed by atoms with Gasteiger partial charge in [0.05, 0.1) is 4.47 Å². The predicted molar refractivity (Wildman–Crippen MR) is 85.5 cm³/mol. The summed E-state index contributed by atoms with van der Waals surface area (Å²) in [6.07, 6.45) is 0. The molecule has 2 aromatic carbocycles. The Kier molecular flexibility index (Phi) is 7.18. The van der Waals surface area contributed by atoms with Gasteiger partial charge in [-0.2, -0.15) is 0 Å². The normalized spacial score (nSPS) is 9.79. The van der Waals surface area contributed by atoms with Gasteiger partial charge in [-0.05, 0) is 68.1 Å². The number of rotatable bonds is 1. The molecule has 0 unspecified atom stereocenters. The van der Waals surface area contributed by atoms with Crippen LogP contribution in [0.25, 0.3) is 0 Å². The third-order valence-electron chi connectivity index (χ3n) is 2.27. The highest BCUT2D eigenvalue weighted by Gasteiger charge is 2.04. The molecule has 0 radical (unpaired) electrons. The SMILES string of the molecule is Cc1ccc(F)c(Br)c1Br.FCc1cccc(Br)c1. The van der Waals surface area contributed by atoms with Gasteiger partial charge in [-0.25, -0.2) is 8.78 Å². The zero-order valence-corrected chi connectivity index (χ0v) is 14.8. The van der Waals surface area contributed by atoms with Crippen LogP contribution in [0.1, 0.15) is 11.1 Å². The molecular weight excluding hydrogens is 446 g/mol. The molecular formula is C14H11Br3F2. The first-order chi connectivity index (χ1) is 8.95. The minimum absolute atomic E-state index is 0.238. The van der Waals surface area contributed by atoms with Crippen molar-refractivity contribution in [2.45, 2.75) is 13.6 Å². The average molecular weight is 457 g/mol. The van der Waals surface area contributed by atoms with Gasteiger partial charge in [0, 0.05) is 8.95 Å². The topological polar surface area (TPSA) is 0 Å². The Morgan fingerprint density at radius 1 is 1.00 bits per heavy atom. The summed E-state index contributed by atoms with van der Waals surface area (Å²) < 4.78 is 26.8. The molecule has 0 heterocycles. The number of aryl methyl sites for hydroxylation is 1. The monoisotopic (exact) mass is 454 g/mol. The van der Waals surface area contributed by atoms with Crippen molar-refractivity contribution >= 4 is 47.8 Å². The first-order valence-electron chi connectivity index (χ1n) is 5.36. The maximum Gasteiger partial charge on any atom is 0.138 e. The molecule has 2 rings (SSSR count). The molecule has 0 fully saturated rings. The molecule has 0 aliphatic carbocycles. The van der Waals surface area contributed by atoms with E-state index in [4.69, 9.17) is 0 Å². The summed E-state index contributed by atoms with van der Waals surface area (Å²) >= 11 is 9.59. The van der Waals surface area contributed by atoms with Gasteiger partial charge in [-0.1, -0.05) is 34.1 Å². The summed E-state index contributed by atoms with van der Waals surface area (Å²) in [4.78, 5) is 0. The quantitative estimate of drug-likeness (QED) is 0.425. The van der Waals surface area contributed by atoms with Gasteiger partial charge in [0.1, 0.15) is 12.5 Å². The van der Waals surface area contributed by atoms with E-state index in [0.29, 0.717) is 10.0 Å². The molecule has 0 atom stereocenters. The smallest absolute Gasteiger partial charge is 0.138 e. The summed E-state index contributed by atoms with van der Waals surface area (Å²) in [6.45, 7) is 1.52. The lowest BCUT2D eigenvalue weighted by atomic mass is 10.2. The van der Waals surface area contributed by atoms with Crippen LogP contribution < -0.4 is 0 Å². The Balaban J connectivity index is 0.000000191. The van der Waals surface area contributed by atoms with Crippen molar-refractivity contribution in [3.05, 3.63) is 66.8 Å². The molecule has 0 N–H and O–H groups in total. The van der Waals surface area contributed by atoms with Crippen LogP contribution >= 0.6 is 47.8 Å². The van der Waals surface area contributed by atoms with Gasteiger partial charge in [-0.15, -0.1) is 0 Å². The van der Waals surface area contributed by atoms with Crippen LogP contribution in [0.3, 0.4) is 0 Å². The lowest BCUT2D eigenvalue weighted by molar-refractivity contribution is 0.485. The van der Waals surface area contributed by atoms with Crippen LogP contribution in [-0.4, -0.2) is 0 Å². The summed E-state index contributed by atoms with van der Waals surface area (Å²) in [5, 5.41) is 0. The van der Waals surface area contributed by atoms with Crippen molar-refractivity contribution in [3.8, 4) is 0 Å². The molecule has 5 heteroatoms. The second-order valence-electron chi connectivity index (χ2n) is 3.76. The van der Waals surface area contributed by atoms with Crippen molar-refractivity contribution < 1.29 is 8.78 Å².